The fraction of sp³-hybridized carbons (Fsp3) is 0.200. The van der Waals surface area contributed by atoms with Gasteiger partial charge in [0, 0.05) is 6.42 Å². The van der Waals surface area contributed by atoms with Crippen LogP contribution in [0.5, 0.6) is 5.06 Å². The second kappa shape index (κ2) is 5.09. The van der Waals surface area contributed by atoms with Crippen molar-refractivity contribution >= 4 is 23.2 Å². The molecule has 3 rings (SSSR count). The van der Waals surface area contributed by atoms with Gasteiger partial charge in [-0.1, -0.05) is 12.1 Å². The molecular weight excluding hydrogens is 274 g/mol. The van der Waals surface area contributed by atoms with Gasteiger partial charge in [-0.2, -0.15) is 0 Å². The standard InChI is InChI=1S/C15H13NO3S/c1-9-7-12(20-8-9)19-6-5-10-3-2-4-11-13(10)15(18)16-14(11)17/h2-4,7-8H,5-6H2,1H3,(H,16,17,18). The first-order chi connectivity index (χ1) is 9.65. The molecule has 0 spiro atoms. The number of ether oxygens (including phenoxy) is 1. The predicted octanol–water partition coefficient (Wildman–Crippen LogP) is 2.56. The Labute approximate surface area is 120 Å². The minimum atomic E-state index is -0.318. The molecule has 0 atom stereocenters. The normalized spacial score (nSPS) is 13.2. The number of nitrogens with one attached hydrogen (secondary N) is 1. The van der Waals surface area contributed by atoms with Gasteiger partial charge in [0.15, 0.2) is 5.06 Å². The number of carbonyl (C=O) groups is 2. The Bertz CT molecular complexity index is 690. The molecule has 2 heterocycles. The number of hydrogen-bond acceptors (Lipinski definition) is 4. The van der Waals surface area contributed by atoms with E-state index in [1.165, 1.54) is 5.56 Å². The van der Waals surface area contributed by atoms with Gasteiger partial charge in [-0.05, 0) is 35.6 Å². The highest BCUT2D eigenvalue weighted by molar-refractivity contribution is 7.12. The van der Waals surface area contributed by atoms with Gasteiger partial charge in [-0.15, -0.1) is 11.3 Å². The summed E-state index contributed by atoms with van der Waals surface area (Å²) in [6.07, 6.45) is 0.598. The number of carbonyl (C=O) groups excluding carboxylic acids is 2. The lowest BCUT2D eigenvalue weighted by molar-refractivity contribution is 0.0879. The van der Waals surface area contributed by atoms with Gasteiger partial charge in [0.1, 0.15) is 0 Å². The first kappa shape index (κ1) is 12.9. The van der Waals surface area contributed by atoms with Gasteiger partial charge in [0.2, 0.25) is 0 Å². The van der Waals surface area contributed by atoms with E-state index in [1.807, 2.05) is 24.4 Å². The zero-order valence-electron chi connectivity index (χ0n) is 10.9. The third kappa shape index (κ3) is 2.32. The van der Waals surface area contributed by atoms with Crippen molar-refractivity contribution in [2.24, 2.45) is 0 Å². The summed E-state index contributed by atoms with van der Waals surface area (Å²) < 4.78 is 5.65. The van der Waals surface area contributed by atoms with Gasteiger partial charge < -0.3 is 4.74 Å². The topological polar surface area (TPSA) is 55.4 Å². The number of hydrogen-bond donors (Lipinski definition) is 1. The first-order valence-electron chi connectivity index (χ1n) is 6.30. The number of amides is 2. The van der Waals surface area contributed by atoms with Crippen LogP contribution in [0.25, 0.3) is 0 Å². The molecule has 0 unspecified atom stereocenters. The molecule has 102 valence electrons. The van der Waals surface area contributed by atoms with Crippen LogP contribution in [0, 0.1) is 6.92 Å². The average Bonchev–Trinajstić information content (AvgIpc) is 2.95. The third-order valence-electron chi connectivity index (χ3n) is 3.17. The SMILES string of the molecule is Cc1csc(OCCc2cccc3c2C(=O)NC3=O)c1. The summed E-state index contributed by atoms with van der Waals surface area (Å²) in [6.45, 7) is 2.50. The molecule has 1 aliphatic heterocycles. The van der Waals surface area contributed by atoms with E-state index in [2.05, 4.69) is 5.32 Å². The van der Waals surface area contributed by atoms with Crippen LogP contribution in [0.2, 0.25) is 0 Å². The zero-order valence-corrected chi connectivity index (χ0v) is 11.8. The molecule has 0 bridgehead atoms. The second-order valence-electron chi connectivity index (χ2n) is 4.66. The van der Waals surface area contributed by atoms with Crippen LogP contribution in [0.15, 0.2) is 29.6 Å². The van der Waals surface area contributed by atoms with Crippen LogP contribution in [0.4, 0.5) is 0 Å². The lowest BCUT2D eigenvalue weighted by Crippen LogP contribution is -2.20. The molecule has 1 aliphatic rings. The van der Waals surface area contributed by atoms with Crippen LogP contribution in [0.3, 0.4) is 0 Å². The lowest BCUT2D eigenvalue weighted by Gasteiger charge is -2.06. The van der Waals surface area contributed by atoms with Crippen molar-refractivity contribution in [3.05, 3.63) is 51.9 Å². The molecule has 0 saturated heterocycles. The maximum absolute atomic E-state index is 11.8. The Morgan fingerprint density at radius 3 is 2.85 bits per heavy atom. The molecular formula is C15H13NO3S. The summed E-state index contributed by atoms with van der Waals surface area (Å²) >= 11 is 1.56. The monoisotopic (exact) mass is 287 g/mol. The summed E-state index contributed by atoms with van der Waals surface area (Å²) in [5, 5.41) is 5.22. The van der Waals surface area contributed by atoms with E-state index in [1.54, 1.807) is 23.5 Å². The molecule has 1 aromatic carbocycles. The van der Waals surface area contributed by atoms with Crippen molar-refractivity contribution in [2.75, 3.05) is 6.61 Å². The molecule has 2 amide bonds. The number of rotatable bonds is 4. The molecule has 4 nitrogen and oxygen atoms in total. The van der Waals surface area contributed by atoms with Crippen LogP contribution < -0.4 is 10.1 Å². The van der Waals surface area contributed by atoms with Gasteiger partial charge in [0.05, 0.1) is 17.7 Å². The van der Waals surface area contributed by atoms with Gasteiger partial charge in [-0.25, -0.2) is 0 Å². The third-order valence-corrected chi connectivity index (χ3v) is 4.13. The van der Waals surface area contributed by atoms with Gasteiger partial charge >= 0.3 is 0 Å². The summed E-state index contributed by atoms with van der Waals surface area (Å²) in [7, 11) is 0. The van der Waals surface area contributed by atoms with Crippen LogP contribution in [-0.4, -0.2) is 18.4 Å². The maximum Gasteiger partial charge on any atom is 0.259 e. The average molecular weight is 287 g/mol. The van der Waals surface area contributed by atoms with Crippen molar-refractivity contribution in [1.82, 2.24) is 5.32 Å². The van der Waals surface area contributed by atoms with Crippen molar-refractivity contribution < 1.29 is 14.3 Å². The van der Waals surface area contributed by atoms with Crippen molar-refractivity contribution in [3.63, 3.8) is 0 Å². The number of imide groups is 1. The highest BCUT2D eigenvalue weighted by Gasteiger charge is 2.28. The van der Waals surface area contributed by atoms with Crippen LogP contribution >= 0.6 is 11.3 Å². The first-order valence-corrected chi connectivity index (χ1v) is 7.18. The van der Waals surface area contributed by atoms with Gasteiger partial charge in [-0.3, -0.25) is 14.9 Å². The second-order valence-corrected chi connectivity index (χ2v) is 5.54. The molecule has 20 heavy (non-hydrogen) atoms. The molecule has 1 aromatic heterocycles. The Balaban J connectivity index is 1.73. The minimum absolute atomic E-state index is 0.312. The number of aryl methyl sites for hydroxylation is 1. The number of thiophene rings is 1. The maximum atomic E-state index is 11.8. The summed E-state index contributed by atoms with van der Waals surface area (Å²) in [4.78, 5) is 23.3. The zero-order chi connectivity index (χ0) is 14.1. The van der Waals surface area contributed by atoms with E-state index in [0.29, 0.717) is 24.2 Å². The van der Waals surface area contributed by atoms with Crippen molar-refractivity contribution in [3.8, 4) is 5.06 Å². The van der Waals surface area contributed by atoms with Gasteiger partial charge in [0.25, 0.3) is 11.8 Å². The van der Waals surface area contributed by atoms with E-state index in [9.17, 15) is 9.59 Å². The minimum Gasteiger partial charge on any atom is -0.484 e. The Hall–Kier alpha value is -2.14. The summed E-state index contributed by atoms with van der Waals surface area (Å²) in [6, 6.07) is 7.31. The highest BCUT2D eigenvalue weighted by atomic mass is 32.1. The van der Waals surface area contributed by atoms with Crippen molar-refractivity contribution in [1.29, 1.82) is 0 Å². The van der Waals surface area contributed by atoms with E-state index in [-0.39, 0.29) is 11.8 Å². The van der Waals surface area contributed by atoms with E-state index >= 15 is 0 Å². The Morgan fingerprint density at radius 2 is 2.10 bits per heavy atom. The number of benzene rings is 1. The van der Waals surface area contributed by atoms with E-state index < -0.39 is 0 Å². The molecule has 1 N–H and O–H groups in total. The van der Waals surface area contributed by atoms with E-state index in [4.69, 9.17) is 4.74 Å². The Kier molecular flexibility index (Phi) is 3.28. The highest BCUT2D eigenvalue weighted by Crippen LogP contribution is 2.24. The smallest absolute Gasteiger partial charge is 0.259 e. The quantitative estimate of drug-likeness (QED) is 0.879. The van der Waals surface area contributed by atoms with Crippen LogP contribution in [-0.2, 0) is 6.42 Å². The molecule has 0 aliphatic carbocycles. The van der Waals surface area contributed by atoms with E-state index in [0.717, 1.165) is 10.6 Å². The molecule has 0 saturated carbocycles. The predicted molar refractivity (Wildman–Crippen MR) is 76.5 cm³/mol. The molecule has 2 aromatic rings. The van der Waals surface area contributed by atoms with Crippen LogP contribution in [0.1, 0.15) is 31.8 Å². The summed E-state index contributed by atoms with van der Waals surface area (Å²) in [5.74, 6) is -0.630. The van der Waals surface area contributed by atoms with Crippen molar-refractivity contribution in [2.45, 2.75) is 13.3 Å². The molecule has 0 radical (unpaired) electrons. The number of fused-ring (bicyclic) bond motifs is 1. The molecule has 0 fully saturated rings. The Morgan fingerprint density at radius 1 is 1.25 bits per heavy atom. The summed E-state index contributed by atoms with van der Waals surface area (Å²) in [5.41, 5.74) is 2.97. The molecule has 5 heteroatoms. The fourth-order valence-electron chi connectivity index (χ4n) is 2.24. The largest absolute Gasteiger partial charge is 0.484 e. The fourth-order valence-corrected chi connectivity index (χ4v) is 3.02. The lowest BCUT2D eigenvalue weighted by atomic mass is 10.0.